The molecule has 4 rings (SSSR count). The number of hydrogen-bond donors (Lipinski definition) is 1. The molecule has 0 saturated carbocycles. The maximum Gasteiger partial charge on any atom is 0.415 e. The van der Waals surface area contributed by atoms with E-state index < -0.39 is 74.4 Å². The second-order valence-electron chi connectivity index (χ2n) is 14.9. The molecule has 3 heterocycles. The molecule has 280 valence electrons. The summed E-state index contributed by atoms with van der Waals surface area (Å²) in [7, 11) is -2.52. The van der Waals surface area contributed by atoms with Crippen LogP contribution in [0.3, 0.4) is 0 Å². The summed E-state index contributed by atoms with van der Waals surface area (Å²) in [4.78, 5) is 55.2. The molecule has 0 aliphatic carbocycles. The van der Waals surface area contributed by atoms with Gasteiger partial charge in [-0.25, -0.2) is 14.3 Å². The number of anilines is 1. The number of nitriles is 1. The van der Waals surface area contributed by atoms with Gasteiger partial charge in [-0.05, 0) is 64.0 Å². The SMILES string of the molecule is CC(C)[C@H](C)C(=O)O[C@H]1[C@@H](O[Si](C)(C)C)[C@](C#N)(c2ccc3c(NC(=O)OCOC(=O)C(C)(C)C)ncnn23)O[C@@H]1COC(=O)Cc1ccccc1. The van der Waals surface area contributed by atoms with E-state index in [1.807, 2.05) is 51.7 Å². The lowest BCUT2D eigenvalue weighted by atomic mass is 9.92. The molecule has 5 atom stereocenters. The number of esters is 3. The molecule has 1 aliphatic heterocycles. The van der Waals surface area contributed by atoms with Gasteiger partial charge < -0.3 is 28.1 Å². The van der Waals surface area contributed by atoms with E-state index in [2.05, 4.69) is 21.5 Å². The Hall–Kier alpha value is -4.85. The fourth-order valence-corrected chi connectivity index (χ4v) is 6.31. The van der Waals surface area contributed by atoms with Crippen molar-refractivity contribution in [3.8, 4) is 6.07 Å². The van der Waals surface area contributed by atoms with Gasteiger partial charge in [0, 0.05) is 0 Å². The van der Waals surface area contributed by atoms with Gasteiger partial charge in [0.2, 0.25) is 12.4 Å². The molecule has 1 aliphatic rings. The molecule has 52 heavy (non-hydrogen) atoms. The van der Waals surface area contributed by atoms with Crippen molar-refractivity contribution in [2.45, 2.75) is 91.5 Å². The molecule has 0 radical (unpaired) electrons. The number of rotatable bonds is 13. The summed E-state index contributed by atoms with van der Waals surface area (Å²) in [6.45, 7) is 15.3. The third kappa shape index (κ3) is 9.52. The topological polar surface area (TPSA) is 190 Å². The largest absolute Gasteiger partial charge is 0.463 e. The number of amides is 1. The highest BCUT2D eigenvalue weighted by Gasteiger charge is 2.62. The summed E-state index contributed by atoms with van der Waals surface area (Å²) in [5.41, 5.74) is -1.54. The lowest BCUT2D eigenvalue weighted by molar-refractivity contribution is -0.164. The van der Waals surface area contributed by atoms with Crippen LogP contribution in [-0.2, 0) is 54.5 Å². The van der Waals surface area contributed by atoms with Gasteiger partial charge in [0.05, 0.1) is 23.4 Å². The Kier molecular flexibility index (Phi) is 12.5. The number of benzene rings is 1. The number of fused-ring (bicyclic) bond motifs is 1. The Balaban J connectivity index is 1.69. The lowest BCUT2D eigenvalue weighted by Crippen LogP contribution is -2.50. The Morgan fingerprint density at radius 2 is 1.73 bits per heavy atom. The number of ether oxygens (including phenoxy) is 5. The van der Waals surface area contributed by atoms with Crippen molar-refractivity contribution in [2.75, 3.05) is 18.7 Å². The minimum absolute atomic E-state index is 0.00187. The number of hydrogen-bond acceptors (Lipinski definition) is 13. The maximum atomic E-state index is 13.5. The van der Waals surface area contributed by atoms with Gasteiger partial charge in [0.25, 0.3) is 0 Å². The van der Waals surface area contributed by atoms with Crippen LogP contribution in [-0.4, -0.2) is 78.6 Å². The van der Waals surface area contributed by atoms with E-state index in [4.69, 9.17) is 28.1 Å². The standard InChI is InChI=1S/C36H47N5O10Si/c1-22(2)23(3)32(43)49-29-26(18-46-28(42)17-24-13-11-10-12-14-24)50-36(19-37,30(29)51-52(7,8)9)27-16-15-25-31(38-20-39-41(25)27)40-34(45)48-21-47-33(44)35(4,5)6/h10-16,20,22-23,26,29-30H,17-18,21H2,1-9H3,(H,38,39,40,45)/t23-,26+,29+,30+,36-/m0/s1. The molecule has 0 spiro atoms. The summed E-state index contributed by atoms with van der Waals surface area (Å²) < 4.78 is 36.3. The number of nitrogens with zero attached hydrogens (tertiary/aromatic N) is 4. The van der Waals surface area contributed by atoms with E-state index in [9.17, 15) is 24.4 Å². The Morgan fingerprint density at radius 1 is 1.04 bits per heavy atom. The second-order valence-corrected chi connectivity index (χ2v) is 19.4. The summed E-state index contributed by atoms with van der Waals surface area (Å²) in [6.07, 6.45) is -3.26. The zero-order valence-electron chi connectivity index (χ0n) is 31.0. The van der Waals surface area contributed by atoms with E-state index in [0.717, 1.165) is 11.9 Å². The average Bonchev–Trinajstić information content (AvgIpc) is 3.63. The van der Waals surface area contributed by atoms with Crippen molar-refractivity contribution in [1.29, 1.82) is 5.26 Å². The molecule has 1 saturated heterocycles. The van der Waals surface area contributed by atoms with Crippen LogP contribution < -0.4 is 5.32 Å². The van der Waals surface area contributed by atoms with E-state index in [-0.39, 0.29) is 36.0 Å². The van der Waals surface area contributed by atoms with Crippen LogP contribution in [0.1, 0.15) is 52.8 Å². The molecular formula is C36H47N5O10Si. The van der Waals surface area contributed by atoms with Crippen molar-refractivity contribution in [3.05, 3.63) is 60.0 Å². The number of carbonyl (C=O) groups excluding carboxylic acids is 4. The zero-order chi connectivity index (χ0) is 38.4. The van der Waals surface area contributed by atoms with E-state index in [1.165, 1.54) is 4.52 Å². The van der Waals surface area contributed by atoms with Gasteiger partial charge >= 0.3 is 24.0 Å². The zero-order valence-corrected chi connectivity index (χ0v) is 32.0. The van der Waals surface area contributed by atoms with Crippen molar-refractivity contribution in [2.24, 2.45) is 17.3 Å². The maximum absolute atomic E-state index is 13.5. The molecule has 1 aromatic carbocycles. The molecule has 3 aromatic rings. The van der Waals surface area contributed by atoms with Crippen molar-refractivity contribution >= 4 is 43.7 Å². The van der Waals surface area contributed by atoms with Crippen LogP contribution >= 0.6 is 0 Å². The molecule has 1 fully saturated rings. The second kappa shape index (κ2) is 16.2. The molecule has 1 N–H and O–H groups in total. The highest BCUT2D eigenvalue weighted by molar-refractivity contribution is 6.69. The fraction of sp³-hybridized carbons (Fsp3) is 0.528. The molecule has 0 unspecified atom stereocenters. The van der Waals surface area contributed by atoms with Crippen LogP contribution in [0.15, 0.2) is 48.8 Å². The Bertz CT molecular complexity index is 1800. The van der Waals surface area contributed by atoms with Crippen LogP contribution in [0.25, 0.3) is 5.52 Å². The van der Waals surface area contributed by atoms with Gasteiger partial charge in [-0.2, -0.15) is 10.4 Å². The van der Waals surface area contributed by atoms with Crippen molar-refractivity contribution < 1.29 is 47.3 Å². The first-order chi connectivity index (χ1) is 24.4. The summed E-state index contributed by atoms with van der Waals surface area (Å²) in [6, 6.07) is 14.5. The first-order valence-electron chi connectivity index (χ1n) is 17.0. The van der Waals surface area contributed by atoms with E-state index >= 15 is 0 Å². The van der Waals surface area contributed by atoms with Crippen LogP contribution in [0.5, 0.6) is 0 Å². The monoisotopic (exact) mass is 737 g/mol. The summed E-state index contributed by atoms with van der Waals surface area (Å²) >= 11 is 0. The third-order valence-corrected chi connectivity index (χ3v) is 9.28. The van der Waals surface area contributed by atoms with E-state index in [0.29, 0.717) is 0 Å². The van der Waals surface area contributed by atoms with E-state index in [1.54, 1.807) is 52.0 Å². The fourth-order valence-electron chi connectivity index (χ4n) is 5.25. The lowest BCUT2D eigenvalue weighted by Gasteiger charge is -2.34. The first kappa shape index (κ1) is 39.9. The normalized spacial score (nSPS) is 20.9. The molecule has 15 nitrogen and oxygen atoms in total. The summed E-state index contributed by atoms with van der Waals surface area (Å²) in [5, 5.41) is 17.8. The Morgan fingerprint density at radius 3 is 2.35 bits per heavy atom. The highest BCUT2D eigenvalue weighted by atomic mass is 28.4. The smallest absolute Gasteiger partial charge is 0.415 e. The molecule has 2 aromatic heterocycles. The quantitative estimate of drug-likeness (QED) is 0.105. The van der Waals surface area contributed by atoms with Crippen LogP contribution in [0.2, 0.25) is 19.6 Å². The predicted octanol–water partition coefficient (Wildman–Crippen LogP) is 5.15. The number of carbonyl (C=O) groups is 4. The molecule has 0 bridgehead atoms. The van der Waals surface area contributed by atoms with Crippen molar-refractivity contribution in [3.63, 3.8) is 0 Å². The Labute approximate surface area is 304 Å². The van der Waals surface area contributed by atoms with Gasteiger partial charge in [-0.1, -0.05) is 51.1 Å². The minimum Gasteiger partial charge on any atom is -0.463 e. The van der Waals surface area contributed by atoms with Gasteiger partial charge in [-0.3, -0.25) is 19.7 Å². The minimum atomic E-state index is -2.52. The average molecular weight is 738 g/mol. The van der Waals surface area contributed by atoms with Crippen molar-refractivity contribution in [1.82, 2.24) is 14.6 Å². The molecule has 16 heteroatoms. The number of nitrogens with one attached hydrogen (secondary N) is 1. The van der Waals surface area contributed by atoms with Crippen LogP contribution in [0, 0.1) is 28.6 Å². The summed E-state index contributed by atoms with van der Waals surface area (Å²) in [5.74, 6) is -2.16. The van der Waals surface area contributed by atoms with Gasteiger partial charge in [0.15, 0.2) is 20.2 Å². The van der Waals surface area contributed by atoms with Gasteiger partial charge in [-0.15, -0.1) is 0 Å². The number of aromatic nitrogens is 3. The van der Waals surface area contributed by atoms with Gasteiger partial charge in [0.1, 0.15) is 36.7 Å². The third-order valence-electron chi connectivity index (χ3n) is 8.32. The molecule has 1 amide bonds. The van der Waals surface area contributed by atoms with Crippen LogP contribution in [0.4, 0.5) is 10.6 Å². The first-order valence-corrected chi connectivity index (χ1v) is 20.4. The molecular weight excluding hydrogens is 691 g/mol. The highest BCUT2D eigenvalue weighted by Crippen LogP contribution is 2.45. The predicted molar refractivity (Wildman–Crippen MR) is 189 cm³/mol.